The highest BCUT2D eigenvalue weighted by atomic mass is 16.7. The molecule has 3 fully saturated rings. The first-order valence-corrected chi connectivity index (χ1v) is 8.40. The number of piperidine rings is 3. The number of amidine groups is 1. The van der Waals surface area contributed by atoms with E-state index in [0.29, 0.717) is 5.92 Å². The average Bonchev–Trinajstić information content (AvgIpc) is 2.98. The summed E-state index contributed by atoms with van der Waals surface area (Å²) < 4.78 is 0. The summed E-state index contributed by atoms with van der Waals surface area (Å²) in [7, 11) is 0. The number of pyridine rings is 1. The molecule has 2 bridgehead atoms. The molecule has 5 heterocycles. The van der Waals surface area contributed by atoms with Crippen LogP contribution >= 0.6 is 0 Å². The summed E-state index contributed by atoms with van der Waals surface area (Å²) in [6, 6.07) is 10.3. The summed E-state index contributed by atoms with van der Waals surface area (Å²) in [5.74, 6) is 1.60. The topological polar surface area (TPSA) is 49.8 Å². The van der Waals surface area contributed by atoms with E-state index in [0.717, 1.165) is 35.4 Å². The monoisotopic (exact) mass is 308 g/mol. The summed E-state index contributed by atoms with van der Waals surface area (Å²) in [5.41, 5.74) is 1.97. The van der Waals surface area contributed by atoms with Gasteiger partial charge in [-0.25, -0.2) is 0 Å². The van der Waals surface area contributed by atoms with Crippen LogP contribution in [-0.4, -0.2) is 41.0 Å². The second-order valence-electron chi connectivity index (χ2n) is 6.96. The first-order valence-electron chi connectivity index (χ1n) is 8.40. The summed E-state index contributed by atoms with van der Waals surface area (Å²) in [5, 5.41) is 8.95. The van der Waals surface area contributed by atoms with Crippen molar-refractivity contribution >= 4 is 22.4 Å². The standard InChI is InChI=1S/C18H20N4O/c1-2-13-10-15(3-4-16(13)19-7-1)20-17-11-18(23-21-17)12-22-8-5-14(18)6-9-22/h1-4,7,10,14H,5-6,8-9,11-12H2,(H,20,21). The number of hydrogen-bond acceptors (Lipinski definition) is 5. The molecule has 4 aliphatic heterocycles. The average molecular weight is 308 g/mol. The van der Waals surface area contributed by atoms with Gasteiger partial charge in [-0.15, -0.1) is 0 Å². The maximum Gasteiger partial charge on any atom is 0.160 e. The van der Waals surface area contributed by atoms with Gasteiger partial charge in [-0.2, -0.15) is 0 Å². The zero-order valence-corrected chi connectivity index (χ0v) is 13.0. The molecule has 0 amide bonds. The van der Waals surface area contributed by atoms with Crippen molar-refractivity contribution in [2.75, 3.05) is 25.0 Å². The fraction of sp³-hybridized carbons (Fsp3) is 0.444. The van der Waals surface area contributed by atoms with E-state index in [2.05, 4.69) is 38.6 Å². The van der Waals surface area contributed by atoms with Crippen LogP contribution in [0, 0.1) is 5.92 Å². The minimum absolute atomic E-state index is 0.0861. The van der Waals surface area contributed by atoms with Gasteiger partial charge in [-0.3, -0.25) is 9.88 Å². The van der Waals surface area contributed by atoms with Crippen molar-refractivity contribution in [1.82, 2.24) is 9.88 Å². The highest BCUT2D eigenvalue weighted by Gasteiger charge is 2.52. The number of hydrogen-bond donors (Lipinski definition) is 1. The second-order valence-corrected chi connectivity index (χ2v) is 6.96. The number of rotatable bonds is 1. The third kappa shape index (κ3) is 2.18. The molecule has 2 aromatic rings. The van der Waals surface area contributed by atoms with Crippen LogP contribution in [-0.2, 0) is 4.84 Å². The molecule has 5 heteroatoms. The lowest BCUT2D eigenvalue weighted by atomic mass is 9.73. The predicted octanol–water partition coefficient (Wildman–Crippen LogP) is 2.84. The van der Waals surface area contributed by atoms with E-state index in [1.807, 2.05) is 18.3 Å². The molecule has 1 spiro atoms. The maximum absolute atomic E-state index is 5.96. The Balaban J connectivity index is 1.35. The number of benzene rings is 1. The van der Waals surface area contributed by atoms with Gasteiger partial charge in [-0.1, -0.05) is 11.2 Å². The molecule has 0 saturated carbocycles. The van der Waals surface area contributed by atoms with Crippen molar-refractivity contribution in [3.05, 3.63) is 36.5 Å². The van der Waals surface area contributed by atoms with Gasteiger partial charge in [0.05, 0.1) is 11.9 Å². The van der Waals surface area contributed by atoms with Crippen LogP contribution in [0.25, 0.3) is 10.9 Å². The van der Waals surface area contributed by atoms with Crippen LogP contribution in [0.2, 0.25) is 0 Å². The van der Waals surface area contributed by atoms with Crippen molar-refractivity contribution in [2.24, 2.45) is 11.1 Å². The summed E-state index contributed by atoms with van der Waals surface area (Å²) in [6.45, 7) is 3.46. The number of oxime groups is 1. The molecule has 1 unspecified atom stereocenters. The smallest absolute Gasteiger partial charge is 0.160 e. The Morgan fingerprint density at radius 1 is 1.22 bits per heavy atom. The van der Waals surface area contributed by atoms with Gasteiger partial charge in [0.15, 0.2) is 11.4 Å². The van der Waals surface area contributed by atoms with E-state index in [1.54, 1.807) is 0 Å². The van der Waals surface area contributed by atoms with E-state index >= 15 is 0 Å². The van der Waals surface area contributed by atoms with Gasteiger partial charge in [-0.05, 0) is 50.2 Å². The van der Waals surface area contributed by atoms with Crippen molar-refractivity contribution in [3.8, 4) is 0 Å². The Bertz CT molecular complexity index is 781. The van der Waals surface area contributed by atoms with E-state index < -0.39 is 0 Å². The van der Waals surface area contributed by atoms with Crippen molar-refractivity contribution in [2.45, 2.75) is 24.9 Å². The molecule has 0 radical (unpaired) electrons. The molecular formula is C18H20N4O. The molecule has 3 saturated heterocycles. The maximum atomic E-state index is 5.96. The molecule has 1 aromatic heterocycles. The number of nitrogens with one attached hydrogen (secondary N) is 1. The normalized spacial score (nSPS) is 32.1. The number of fused-ring (bicyclic) bond motifs is 3. The van der Waals surface area contributed by atoms with E-state index in [9.17, 15) is 0 Å². The van der Waals surface area contributed by atoms with Crippen LogP contribution in [0.5, 0.6) is 0 Å². The summed E-state index contributed by atoms with van der Waals surface area (Å²) >= 11 is 0. The Hall–Kier alpha value is -2.14. The molecule has 1 aromatic carbocycles. The molecule has 4 aliphatic rings. The Morgan fingerprint density at radius 2 is 2.13 bits per heavy atom. The van der Waals surface area contributed by atoms with Crippen LogP contribution in [0.4, 0.5) is 5.69 Å². The quantitative estimate of drug-likeness (QED) is 0.880. The Labute approximate surface area is 135 Å². The summed E-state index contributed by atoms with van der Waals surface area (Å²) in [6.07, 6.45) is 5.19. The third-order valence-electron chi connectivity index (χ3n) is 5.52. The minimum atomic E-state index is -0.0861. The first-order chi connectivity index (χ1) is 11.3. The Morgan fingerprint density at radius 3 is 2.96 bits per heavy atom. The molecule has 1 atom stereocenters. The lowest BCUT2D eigenvalue weighted by Crippen LogP contribution is -2.59. The van der Waals surface area contributed by atoms with E-state index in [1.165, 1.54) is 25.9 Å². The molecule has 118 valence electrons. The van der Waals surface area contributed by atoms with Crippen molar-refractivity contribution < 1.29 is 4.84 Å². The predicted molar refractivity (Wildman–Crippen MR) is 90.4 cm³/mol. The summed E-state index contributed by atoms with van der Waals surface area (Å²) in [4.78, 5) is 12.8. The second kappa shape index (κ2) is 4.93. The number of nitrogens with zero attached hydrogens (tertiary/aromatic N) is 3. The highest BCUT2D eigenvalue weighted by molar-refractivity contribution is 5.98. The van der Waals surface area contributed by atoms with Crippen LogP contribution in [0.3, 0.4) is 0 Å². The van der Waals surface area contributed by atoms with E-state index in [-0.39, 0.29) is 5.60 Å². The molecular weight excluding hydrogens is 288 g/mol. The lowest BCUT2D eigenvalue weighted by Gasteiger charge is -2.49. The third-order valence-corrected chi connectivity index (χ3v) is 5.52. The highest BCUT2D eigenvalue weighted by Crippen LogP contribution is 2.43. The van der Waals surface area contributed by atoms with Gasteiger partial charge in [0.25, 0.3) is 0 Å². The molecule has 1 N–H and O–H groups in total. The lowest BCUT2D eigenvalue weighted by molar-refractivity contribution is -0.136. The molecule has 23 heavy (non-hydrogen) atoms. The van der Waals surface area contributed by atoms with Gasteiger partial charge in [0.2, 0.25) is 0 Å². The SMILES string of the molecule is c1cnc2ccc(NC3=NOC4(C3)CN3CCC4CC3)cc2c1. The number of aromatic nitrogens is 1. The molecule has 6 rings (SSSR count). The van der Waals surface area contributed by atoms with Crippen LogP contribution in [0.1, 0.15) is 19.3 Å². The number of anilines is 1. The van der Waals surface area contributed by atoms with Gasteiger partial charge in [0.1, 0.15) is 0 Å². The molecule has 0 aliphatic carbocycles. The van der Waals surface area contributed by atoms with Crippen molar-refractivity contribution in [3.63, 3.8) is 0 Å². The van der Waals surface area contributed by atoms with Crippen LogP contribution < -0.4 is 5.32 Å². The zero-order valence-electron chi connectivity index (χ0n) is 13.0. The first kappa shape index (κ1) is 13.3. The van der Waals surface area contributed by atoms with Gasteiger partial charge < -0.3 is 10.2 Å². The van der Waals surface area contributed by atoms with Gasteiger partial charge in [0, 0.05) is 29.7 Å². The van der Waals surface area contributed by atoms with Crippen molar-refractivity contribution in [1.29, 1.82) is 0 Å². The van der Waals surface area contributed by atoms with Crippen LogP contribution in [0.15, 0.2) is 41.7 Å². The van der Waals surface area contributed by atoms with Gasteiger partial charge >= 0.3 is 0 Å². The molecule has 5 nitrogen and oxygen atoms in total. The van der Waals surface area contributed by atoms with E-state index in [4.69, 9.17) is 4.84 Å². The Kier molecular flexibility index (Phi) is 2.85. The zero-order chi connectivity index (χ0) is 15.3. The fourth-order valence-corrected chi connectivity index (χ4v) is 4.31. The largest absolute Gasteiger partial charge is 0.386 e. The fourth-order valence-electron chi connectivity index (χ4n) is 4.31. The minimum Gasteiger partial charge on any atom is -0.386 e.